The van der Waals surface area contributed by atoms with Crippen LogP contribution in [0, 0.1) is 13.8 Å². The minimum Gasteiger partial charge on any atom is -0.390 e. The molecule has 1 aliphatic rings. The van der Waals surface area contributed by atoms with Gasteiger partial charge in [-0.2, -0.15) is 0 Å². The number of fused-ring (bicyclic) bond motifs is 1. The number of aryl methyl sites for hydroxylation is 3. The van der Waals surface area contributed by atoms with E-state index in [2.05, 4.69) is 6.07 Å². The molecule has 0 saturated carbocycles. The van der Waals surface area contributed by atoms with Crippen LogP contribution in [0.25, 0.3) is 0 Å². The van der Waals surface area contributed by atoms with E-state index in [0.717, 1.165) is 36.0 Å². The largest absolute Gasteiger partial charge is 0.390 e. The Labute approximate surface area is 117 Å². The second-order valence-electron chi connectivity index (χ2n) is 5.24. The lowest BCUT2D eigenvalue weighted by atomic mass is 9.96. The summed E-state index contributed by atoms with van der Waals surface area (Å²) in [7, 11) is 0. The molecule has 1 aliphatic carbocycles. The summed E-state index contributed by atoms with van der Waals surface area (Å²) in [6.45, 7) is 4.03. The number of carbonyl (C=O) groups excluding carboxylic acids is 1. The smallest absolute Gasteiger partial charge is 0.196 e. The number of nitrogen functional groups attached to an aromatic ring is 1. The van der Waals surface area contributed by atoms with Crippen LogP contribution in [-0.4, -0.2) is 5.78 Å². The highest BCUT2D eigenvalue weighted by Gasteiger charge is 2.26. The topological polar surface area (TPSA) is 43.1 Å². The minimum atomic E-state index is 0.0920. The SMILES string of the molecule is Cc1ccc(C(=O)c2c(N)sc3c2CCC3)c(C)c1. The summed E-state index contributed by atoms with van der Waals surface area (Å²) in [5.74, 6) is 0.0920. The number of thiophene rings is 1. The lowest BCUT2D eigenvalue weighted by molar-refractivity contribution is 0.103. The van der Waals surface area contributed by atoms with Crippen molar-refractivity contribution in [3.63, 3.8) is 0 Å². The van der Waals surface area contributed by atoms with Crippen molar-refractivity contribution in [2.45, 2.75) is 33.1 Å². The van der Waals surface area contributed by atoms with Gasteiger partial charge in [-0.1, -0.05) is 23.8 Å². The highest BCUT2D eigenvalue weighted by atomic mass is 32.1. The summed E-state index contributed by atoms with van der Waals surface area (Å²) in [6.07, 6.45) is 3.22. The molecular formula is C16H17NOS. The van der Waals surface area contributed by atoms with Gasteiger partial charge >= 0.3 is 0 Å². The molecule has 0 bridgehead atoms. The van der Waals surface area contributed by atoms with E-state index in [9.17, 15) is 4.79 Å². The maximum absolute atomic E-state index is 12.7. The average Bonchev–Trinajstić information content (AvgIpc) is 2.87. The number of nitrogens with two attached hydrogens (primary N) is 1. The number of ketones is 1. The molecule has 2 N–H and O–H groups in total. The van der Waals surface area contributed by atoms with Crippen LogP contribution < -0.4 is 5.73 Å². The second kappa shape index (κ2) is 4.49. The van der Waals surface area contributed by atoms with Crippen molar-refractivity contribution in [2.24, 2.45) is 0 Å². The summed E-state index contributed by atoms with van der Waals surface area (Å²) in [4.78, 5) is 14.1. The van der Waals surface area contributed by atoms with Crippen molar-refractivity contribution in [1.29, 1.82) is 0 Å². The van der Waals surface area contributed by atoms with Gasteiger partial charge < -0.3 is 5.73 Å². The molecule has 1 aromatic heterocycles. The van der Waals surface area contributed by atoms with Crippen molar-refractivity contribution < 1.29 is 4.79 Å². The van der Waals surface area contributed by atoms with E-state index in [0.29, 0.717) is 5.00 Å². The molecule has 0 atom stereocenters. The molecule has 3 rings (SSSR count). The van der Waals surface area contributed by atoms with E-state index in [1.807, 2.05) is 26.0 Å². The van der Waals surface area contributed by atoms with E-state index in [4.69, 9.17) is 5.73 Å². The van der Waals surface area contributed by atoms with Crippen molar-refractivity contribution in [3.05, 3.63) is 50.9 Å². The first-order valence-corrected chi connectivity index (χ1v) is 7.41. The lowest BCUT2D eigenvalue weighted by Gasteiger charge is -2.07. The van der Waals surface area contributed by atoms with E-state index in [1.54, 1.807) is 11.3 Å². The van der Waals surface area contributed by atoms with Crippen LogP contribution in [0.5, 0.6) is 0 Å². The van der Waals surface area contributed by atoms with Gasteiger partial charge in [0.2, 0.25) is 0 Å². The van der Waals surface area contributed by atoms with Crippen LogP contribution in [0.4, 0.5) is 5.00 Å². The monoisotopic (exact) mass is 271 g/mol. The van der Waals surface area contributed by atoms with E-state index in [1.165, 1.54) is 16.0 Å². The number of anilines is 1. The Morgan fingerprint density at radius 1 is 1.26 bits per heavy atom. The van der Waals surface area contributed by atoms with Gasteiger partial charge in [0.25, 0.3) is 0 Å². The number of rotatable bonds is 2. The fourth-order valence-electron chi connectivity index (χ4n) is 2.88. The van der Waals surface area contributed by atoms with Crippen molar-refractivity contribution >= 4 is 22.1 Å². The molecule has 0 radical (unpaired) electrons. The first kappa shape index (κ1) is 12.4. The maximum atomic E-state index is 12.7. The Morgan fingerprint density at radius 3 is 2.79 bits per heavy atom. The van der Waals surface area contributed by atoms with Crippen LogP contribution in [0.15, 0.2) is 18.2 Å². The highest BCUT2D eigenvalue weighted by molar-refractivity contribution is 7.16. The Morgan fingerprint density at radius 2 is 2.05 bits per heavy atom. The summed E-state index contributed by atoms with van der Waals surface area (Å²) in [5, 5.41) is 0.690. The Bertz CT molecular complexity index is 670. The fraction of sp³-hybridized carbons (Fsp3) is 0.312. The number of carbonyl (C=O) groups is 1. The van der Waals surface area contributed by atoms with Gasteiger partial charge in [0.15, 0.2) is 5.78 Å². The molecule has 19 heavy (non-hydrogen) atoms. The molecule has 1 heterocycles. The molecule has 0 aliphatic heterocycles. The summed E-state index contributed by atoms with van der Waals surface area (Å²) >= 11 is 1.59. The Hall–Kier alpha value is -1.61. The van der Waals surface area contributed by atoms with Gasteiger partial charge in [-0.25, -0.2) is 0 Å². The molecule has 2 aromatic rings. The summed E-state index contributed by atoms with van der Waals surface area (Å²) in [6, 6.07) is 5.96. The van der Waals surface area contributed by atoms with E-state index >= 15 is 0 Å². The quantitative estimate of drug-likeness (QED) is 0.847. The van der Waals surface area contributed by atoms with Gasteiger partial charge in [-0.05, 0) is 44.2 Å². The molecule has 2 nitrogen and oxygen atoms in total. The third-order valence-electron chi connectivity index (χ3n) is 3.80. The number of hydrogen-bond acceptors (Lipinski definition) is 3. The third kappa shape index (κ3) is 1.98. The zero-order valence-electron chi connectivity index (χ0n) is 11.2. The zero-order chi connectivity index (χ0) is 13.6. The molecule has 3 heteroatoms. The van der Waals surface area contributed by atoms with E-state index in [-0.39, 0.29) is 5.78 Å². The van der Waals surface area contributed by atoms with Crippen LogP contribution >= 0.6 is 11.3 Å². The predicted molar refractivity (Wildman–Crippen MR) is 80.1 cm³/mol. The predicted octanol–water partition coefficient (Wildman–Crippen LogP) is 3.67. The molecule has 0 amide bonds. The van der Waals surface area contributed by atoms with Crippen molar-refractivity contribution in [3.8, 4) is 0 Å². The lowest BCUT2D eigenvalue weighted by Crippen LogP contribution is -2.07. The molecular weight excluding hydrogens is 254 g/mol. The standard InChI is InChI=1S/C16H17NOS/c1-9-6-7-11(10(2)8-9)15(18)14-12-4-3-5-13(12)19-16(14)17/h6-8H,3-5,17H2,1-2H3. The van der Waals surface area contributed by atoms with Crippen LogP contribution in [0.3, 0.4) is 0 Å². The van der Waals surface area contributed by atoms with Crippen LogP contribution in [0.1, 0.15) is 43.9 Å². The molecule has 1 aromatic carbocycles. The maximum Gasteiger partial charge on any atom is 0.196 e. The zero-order valence-corrected chi connectivity index (χ0v) is 12.1. The van der Waals surface area contributed by atoms with Crippen LogP contribution in [0.2, 0.25) is 0 Å². The molecule has 0 saturated heterocycles. The van der Waals surface area contributed by atoms with Gasteiger partial charge in [-0.3, -0.25) is 4.79 Å². The molecule has 98 valence electrons. The summed E-state index contributed by atoms with van der Waals surface area (Å²) < 4.78 is 0. The third-order valence-corrected chi connectivity index (χ3v) is 4.92. The number of benzene rings is 1. The Kier molecular flexibility index (Phi) is 2.94. The highest BCUT2D eigenvalue weighted by Crippen LogP contribution is 2.38. The van der Waals surface area contributed by atoms with Gasteiger partial charge in [0.05, 0.1) is 10.6 Å². The van der Waals surface area contributed by atoms with Crippen LogP contribution in [-0.2, 0) is 12.8 Å². The second-order valence-corrected chi connectivity index (χ2v) is 6.38. The molecule has 0 spiro atoms. The fourth-order valence-corrected chi connectivity index (χ4v) is 4.03. The van der Waals surface area contributed by atoms with Crippen molar-refractivity contribution in [1.82, 2.24) is 0 Å². The van der Waals surface area contributed by atoms with Gasteiger partial charge in [0.1, 0.15) is 0 Å². The number of hydrogen-bond donors (Lipinski definition) is 1. The first-order chi connectivity index (χ1) is 9.08. The minimum absolute atomic E-state index is 0.0920. The summed E-state index contributed by atoms with van der Waals surface area (Å²) in [5.41, 5.74) is 11.0. The van der Waals surface area contributed by atoms with Gasteiger partial charge in [0, 0.05) is 10.4 Å². The molecule has 0 unspecified atom stereocenters. The van der Waals surface area contributed by atoms with E-state index < -0.39 is 0 Å². The van der Waals surface area contributed by atoms with Crippen molar-refractivity contribution in [2.75, 3.05) is 5.73 Å². The first-order valence-electron chi connectivity index (χ1n) is 6.60. The Balaban J connectivity index is 2.10. The van der Waals surface area contributed by atoms with Gasteiger partial charge in [-0.15, -0.1) is 11.3 Å². The normalized spacial score (nSPS) is 13.6. The molecule has 0 fully saturated rings. The average molecular weight is 271 g/mol.